The van der Waals surface area contributed by atoms with Crippen LogP contribution >= 0.6 is 0 Å². The van der Waals surface area contributed by atoms with E-state index in [0.717, 1.165) is 12.1 Å². The van der Waals surface area contributed by atoms with E-state index in [2.05, 4.69) is 15.3 Å². The lowest BCUT2D eigenvalue weighted by Crippen LogP contribution is -2.26. The van der Waals surface area contributed by atoms with Gasteiger partial charge >= 0.3 is 6.09 Å². The molecule has 2 N–H and O–H groups in total. The average Bonchev–Trinajstić information content (AvgIpc) is 3.28. The predicted molar refractivity (Wildman–Crippen MR) is 111 cm³/mol. The molecule has 5 atom stereocenters. The Morgan fingerprint density at radius 3 is 2.67 bits per heavy atom. The molecule has 1 aromatic carbocycles. The van der Waals surface area contributed by atoms with Crippen LogP contribution in [0.5, 0.6) is 0 Å². The minimum atomic E-state index is -0.798. The molecule has 11 heteroatoms. The highest BCUT2D eigenvalue weighted by Gasteiger charge is 2.58. The number of hydrogen-bond donors (Lipinski definition) is 1. The molecule has 0 bridgehead atoms. The summed E-state index contributed by atoms with van der Waals surface area (Å²) in [7, 11) is 0. The van der Waals surface area contributed by atoms with Crippen LogP contribution in [-0.4, -0.2) is 51.4 Å². The Morgan fingerprint density at radius 2 is 2.03 bits per heavy atom. The van der Waals surface area contributed by atoms with E-state index in [-0.39, 0.29) is 35.9 Å². The quantitative estimate of drug-likeness (QED) is 0.630. The number of ether oxygens (including phenoxy) is 2. The van der Waals surface area contributed by atoms with Crippen LogP contribution in [0.25, 0.3) is 11.1 Å². The maximum absolute atomic E-state index is 15.0. The molecule has 1 amide bonds. The Hall–Kier alpha value is -3.44. The highest BCUT2D eigenvalue weighted by Crippen LogP contribution is 2.53. The molecule has 3 aromatic rings. The minimum Gasteiger partial charge on any atom is -0.442 e. The SMILES string of the molecule is NC1C2COC(c3ccc(-c4c(F)cc(N5C[C@H](Cn6ccnn6)OC5=O)cc4F)cn3)C12. The van der Waals surface area contributed by atoms with Crippen molar-refractivity contribution in [1.29, 1.82) is 0 Å². The van der Waals surface area contributed by atoms with Crippen molar-refractivity contribution >= 4 is 11.8 Å². The number of aromatic nitrogens is 4. The third-order valence-electron chi connectivity index (χ3n) is 6.55. The molecule has 0 radical (unpaired) electrons. The van der Waals surface area contributed by atoms with Gasteiger partial charge in [0, 0.05) is 35.8 Å². The first-order valence-electron chi connectivity index (χ1n) is 10.6. The van der Waals surface area contributed by atoms with E-state index in [9.17, 15) is 13.6 Å². The number of nitrogens with two attached hydrogens (primary N) is 1. The van der Waals surface area contributed by atoms with E-state index >= 15 is 0 Å². The van der Waals surface area contributed by atoms with E-state index in [1.807, 2.05) is 0 Å². The minimum absolute atomic E-state index is 0.0811. The van der Waals surface area contributed by atoms with Gasteiger partial charge in [-0.15, -0.1) is 5.10 Å². The summed E-state index contributed by atoms with van der Waals surface area (Å²) < 4.78 is 42.5. The smallest absolute Gasteiger partial charge is 0.414 e. The lowest BCUT2D eigenvalue weighted by atomic mass is 10.0. The van der Waals surface area contributed by atoms with Gasteiger partial charge in [0.2, 0.25) is 0 Å². The van der Waals surface area contributed by atoms with Gasteiger partial charge in [0.1, 0.15) is 23.8 Å². The number of fused-ring (bicyclic) bond motifs is 1. The normalized spacial score (nSPS) is 28.2. The van der Waals surface area contributed by atoms with Gasteiger partial charge in [-0.05, 0) is 18.2 Å². The second-order valence-electron chi connectivity index (χ2n) is 8.57. The number of rotatable bonds is 5. The second kappa shape index (κ2) is 7.56. The van der Waals surface area contributed by atoms with Crippen LogP contribution in [0.1, 0.15) is 11.8 Å². The van der Waals surface area contributed by atoms with Gasteiger partial charge in [0.25, 0.3) is 0 Å². The molecule has 1 saturated carbocycles. The maximum atomic E-state index is 15.0. The van der Waals surface area contributed by atoms with Crippen molar-refractivity contribution in [3.8, 4) is 11.1 Å². The van der Waals surface area contributed by atoms with Crippen molar-refractivity contribution in [2.75, 3.05) is 18.1 Å². The third-order valence-corrected chi connectivity index (χ3v) is 6.55. The number of carbonyl (C=O) groups is 1. The van der Waals surface area contributed by atoms with Crippen LogP contribution < -0.4 is 10.6 Å². The number of benzene rings is 1. The standard InChI is InChI=1S/C22H20F2N6O3/c23-15-5-12(30-9-13(33-22(30)31)8-29-4-3-27-28-29)6-16(24)18(15)11-1-2-17(26-7-11)21-19-14(10-32-21)20(19)25/h1-7,13-14,19-21H,8-10,25H2/t13-,14?,19?,20?,21?/m0/s1. The first kappa shape index (κ1) is 20.2. The van der Waals surface area contributed by atoms with E-state index in [0.29, 0.717) is 30.3 Å². The predicted octanol–water partition coefficient (Wildman–Crippen LogP) is 2.29. The fourth-order valence-electron chi connectivity index (χ4n) is 4.76. The van der Waals surface area contributed by atoms with Crippen LogP contribution in [0.15, 0.2) is 42.9 Å². The monoisotopic (exact) mass is 454 g/mol. The van der Waals surface area contributed by atoms with E-state index in [4.69, 9.17) is 15.2 Å². The summed E-state index contributed by atoms with van der Waals surface area (Å²) in [6.07, 6.45) is 3.21. The topological polar surface area (TPSA) is 108 Å². The molecule has 3 fully saturated rings. The number of anilines is 1. The summed E-state index contributed by atoms with van der Waals surface area (Å²) >= 11 is 0. The van der Waals surface area contributed by atoms with Crippen LogP contribution in [0, 0.1) is 23.5 Å². The van der Waals surface area contributed by atoms with E-state index < -0.39 is 23.8 Å². The van der Waals surface area contributed by atoms with Crippen molar-refractivity contribution in [2.45, 2.75) is 24.8 Å². The van der Waals surface area contributed by atoms with Crippen LogP contribution in [0.2, 0.25) is 0 Å². The molecule has 0 spiro atoms. The Labute approximate surface area is 187 Å². The Kier molecular flexibility index (Phi) is 4.63. The summed E-state index contributed by atoms with van der Waals surface area (Å²) in [5.74, 6) is -0.973. The molecule has 1 aliphatic carbocycles. The Balaban J connectivity index is 1.21. The Morgan fingerprint density at radius 1 is 1.21 bits per heavy atom. The molecule has 2 saturated heterocycles. The number of nitrogens with zero attached hydrogens (tertiary/aromatic N) is 5. The van der Waals surface area contributed by atoms with Gasteiger partial charge in [-0.25, -0.2) is 18.3 Å². The lowest BCUT2D eigenvalue weighted by Gasteiger charge is -2.16. The molecule has 2 aromatic heterocycles. The zero-order valence-electron chi connectivity index (χ0n) is 17.3. The molecule has 4 unspecified atom stereocenters. The van der Waals surface area contributed by atoms with Gasteiger partial charge in [0.05, 0.1) is 42.8 Å². The summed E-state index contributed by atoms with van der Waals surface area (Å²) in [6, 6.07) is 5.71. The fraction of sp³-hybridized carbons (Fsp3) is 0.364. The molecule has 9 nitrogen and oxygen atoms in total. The van der Waals surface area contributed by atoms with Crippen molar-refractivity contribution < 1.29 is 23.0 Å². The molecule has 4 heterocycles. The molecule has 3 aliphatic rings. The van der Waals surface area contributed by atoms with Crippen molar-refractivity contribution in [3.63, 3.8) is 0 Å². The molecule has 33 heavy (non-hydrogen) atoms. The largest absolute Gasteiger partial charge is 0.442 e. The molecular weight excluding hydrogens is 434 g/mol. The fourth-order valence-corrected chi connectivity index (χ4v) is 4.76. The molecule has 6 rings (SSSR count). The van der Waals surface area contributed by atoms with Gasteiger partial charge in [-0.3, -0.25) is 9.88 Å². The van der Waals surface area contributed by atoms with Crippen LogP contribution in [-0.2, 0) is 16.0 Å². The maximum Gasteiger partial charge on any atom is 0.414 e. The highest BCUT2D eigenvalue weighted by molar-refractivity contribution is 5.90. The van der Waals surface area contributed by atoms with Gasteiger partial charge in [-0.1, -0.05) is 11.3 Å². The summed E-state index contributed by atoms with van der Waals surface area (Å²) in [4.78, 5) is 17.9. The van der Waals surface area contributed by atoms with Crippen molar-refractivity contribution in [3.05, 3.63) is 60.2 Å². The third kappa shape index (κ3) is 3.44. The average molecular weight is 454 g/mol. The van der Waals surface area contributed by atoms with Gasteiger partial charge in [0.15, 0.2) is 0 Å². The van der Waals surface area contributed by atoms with Gasteiger partial charge in [-0.2, -0.15) is 0 Å². The summed E-state index contributed by atoms with van der Waals surface area (Å²) in [6.45, 7) is 1.04. The second-order valence-corrected chi connectivity index (χ2v) is 8.57. The summed E-state index contributed by atoms with van der Waals surface area (Å²) in [5, 5.41) is 7.54. The van der Waals surface area contributed by atoms with Crippen molar-refractivity contribution in [1.82, 2.24) is 20.0 Å². The van der Waals surface area contributed by atoms with Crippen LogP contribution in [0.4, 0.5) is 19.3 Å². The number of carbonyl (C=O) groups excluding carboxylic acids is 1. The zero-order valence-corrected chi connectivity index (χ0v) is 17.3. The molecular formula is C22H20F2N6O3. The Bertz CT molecular complexity index is 1180. The van der Waals surface area contributed by atoms with E-state index in [1.165, 1.54) is 22.0 Å². The number of amides is 1. The van der Waals surface area contributed by atoms with E-state index in [1.54, 1.807) is 18.3 Å². The van der Waals surface area contributed by atoms with Crippen LogP contribution in [0.3, 0.4) is 0 Å². The molecule has 170 valence electrons. The first-order chi connectivity index (χ1) is 16.0. The number of halogens is 2. The lowest BCUT2D eigenvalue weighted by molar-refractivity contribution is 0.0725. The van der Waals surface area contributed by atoms with Gasteiger partial charge < -0.3 is 15.2 Å². The first-order valence-corrected chi connectivity index (χ1v) is 10.6. The number of hydrogen-bond acceptors (Lipinski definition) is 7. The zero-order chi connectivity index (χ0) is 22.7. The molecule has 2 aliphatic heterocycles. The summed E-state index contributed by atoms with van der Waals surface area (Å²) in [5.41, 5.74) is 6.90. The number of cyclic esters (lactones) is 1. The number of pyridine rings is 1. The van der Waals surface area contributed by atoms with Crippen molar-refractivity contribution in [2.24, 2.45) is 17.6 Å². The highest BCUT2D eigenvalue weighted by atomic mass is 19.1.